The number of methoxy groups -OCH3 is 1. The summed E-state index contributed by atoms with van der Waals surface area (Å²) in [6, 6.07) is 4.39. The number of rotatable bonds is 3. The third kappa shape index (κ3) is 3.11. The molecule has 0 radical (unpaired) electrons. The molecule has 0 saturated heterocycles. The van der Waals surface area contributed by atoms with Gasteiger partial charge in [0.2, 0.25) is 0 Å². The fourth-order valence-corrected chi connectivity index (χ4v) is 1.40. The zero-order valence-electron chi connectivity index (χ0n) is 8.37. The van der Waals surface area contributed by atoms with Crippen molar-refractivity contribution in [3.8, 4) is 0 Å². The van der Waals surface area contributed by atoms with Gasteiger partial charge >= 0.3 is 5.97 Å². The average molecular weight is 229 g/mol. The van der Waals surface area contributed by atoms with Gasteiger partial charge in [-0.15, -0.1) is 0 Å². The second kappa shape index (κ2) is 5.00. The summed E-state index contributed by atoms with van der Waals surface area (Å²) >= 11 is 5.74. The van der Waals surface area contributed by atoms with Crippen LogP contribution in [0.4, 0.5) is 5.69 Å². The van der Waals surface area contributed by atoms with Crippen molar-refractivity contribution in [3.05, 3.63) is 28.8 Å². The van der Waals surface area contributed by atoms with Crippen LogP contribution in [0.15, 0.2) is 18.2 Å². The standard InChI is InChI=1S/C10H13ClN2O2/c1-15-10(14)9(13)4-6-2-3-7(11)5-8(6)12/h2-3,5,9H,4,12-13H2,1H3/t9-/m0/s1. The largest absolute Gasteiger partial charge is 0.468 e. The average Bonchev–Trinajstić information content (AvgIpc) is 2.20. The molecule has 0 aliphatic rings. The van der Waals surface area contributed by atoms with E-state index in [1.807, 2.05) is 0 Å². The third-order valence-electron chi connectivity index (χ3n) is 2.05. The van der Waals surface area contributed by atoms with E-state index in [4.69, 9.17) is 23.1 Å². The zero-order chi connectivity index (χ0) is 11.4. The topological polar surface area (TPSA) is 78.3 Å². The Labute approximate surface area is 93.1 Å². The lowest BCUT2D eigenvalue weighted by Crippen LogP contribution is -2.33. The van der Waals surface area contributed by atoms with Crippen LogP contribution in [0, 0.1) is 0 Å². The molecule has 0 bridgehead atoms. The molecule has 82 valence electrons. The Balaban J connectivity index is 2.76. The SMILES string of the molecule is COC(=O)[C@@H](N)Cc1ccc(Cl)cc1N. The van der Waals surface area contributed by atoms with Crippen molar-refractivity contribution in [3.63, 3.8) is 0 Å². The smallest absolute Gasteiger partial charge is 0.322 e. The number of carbonyl (C=O) groups excluding carboxylic acids is 1. The summed E-state index contributed by atoms with van der Waals surface area (Å²) in [6.45, 7) is 0. The van der Waals surface area contributed by atoms with Gasteiger partial charge in [-0.25, -0.2) is 0 Å². The molecule has 5 heteroatoms. The van der Waals surface area contributed by atoms with E-state index >= 15 is 0 Å². The first-order chi connectivity index (χ1) is 7.04. The first-order valence-electron chi connectivity index (χ1n) is 4.42. The molecule has 1 atom stereocenters. The molecule has 15 heavy (non-hydrogen) atoms. The van der Waals surface area contributed by atoms with E-state index in [-0.39, 0.29) is 0 Å². The van der Waals surface area contributed by atoms with Crippen LogP contribution in [0.25, 0.3) is 0 Å². The number of nitrogen functional groups attached to an aromatic ring is 1. The number of anilines is 1. The molecule has 0 aliphatic carbocycles. The summed E-state index contributed by atoms with van der Waals surface area (Å²) in [7, 11) is 1.30. The highest BCUT2D eigenvalue weighted by Gasteiger charge is 2.15. The van der Waals surface area contributed by atoms with Crippen LogP contribution in [0.5, 0.6) is 0 Å². The Morgan fingerprint density at radius 2 is 2.27 bits per heavy atom. The third-order valence-corrected chi connectivity index (χ3v) is 2.29. The maximum atomic E-state index is 11.1. The first kappa shape index (κ1) is 11.8. The van der Waals surface area contributed by atoms with E-state index in [1.165, 1.54) is 7.11 Å². The molecule has 4 nitrogen and oxygen atoms in total. The second-order valence-corrected chi connectivity index (χ2v) is 3.61. The van der Waals surface area contributed by atoms with Crippen LogP contribution in [0.1, 0.15) is 5.56 Å². The van der Waals surface area contributed by atoms with Gasteiger partial charge in [0, 0.05) is 17.1 Å². The van der Waals surface area contributed by atoms with Gasteiger partial charge in [-0.1, -0.05) is 17.7 Å². The van der Waals surface area contributed by atoms with Crippen molar-refractivity contribution < 1.29 is 9.53 Å². The van der Waals surface area contributed by atoms with Crippen molar-refractivity contribution >= 4 is 23.3 Å². The summed E-state index contributed by atoms with van der Waals surface area (Å²) in [4.78, 5) is 11.1. The minimum Gasteiger partial charge on any atom is -0.468 e. The van der Waals surface area contributed by atoms with Crippen LogP contribution in [0.2, 0.25) is 5.02 Å². The van der Waals surface area contributed by atoms with E-state index in [9.17, 15) is 4.79 Å². The molecular formula is C10H13ClN2O2. The molecule has 0 amide bonds. The Morgan fingerprint density at radius 3 is 2.80 bits per heavy atom. The molecule has 4 N–H and O–H groups in total. The first-order valence-corrected chi connectivity index (χ1v) is 4.79. The molecular weight excluding hydrogens is 216 g/mol. The highest BCUT2D eigenvalue weighted by atomic mass is 35.5. The normalized spacial score (nSPS) is 12.2. The van der Waals surface area contributed by atoms with Gasteiger partial charge in [0.15, 0.2) is 0 Å². The minimum atomic E-state index is -0.696. The van der Waals surface area contributed by atoms with E-state index in [2.05, 4.69) is 4.74 Å². The van der Waals surface area contributed by atoms with Gasteiger partial charge in [0.25, 0.3) is 0 Å². The Bertz CT molecular complexity index is 368. The van der Waals surface area contributed by atoms with Gasteiger partial charge in [0.1, 0.15) is 6.04 Å². The lowest BCUT2D eigenvalue weighted by Gasteiger charge is -2.11. The summed E-state index contributed by atoms with van der Waals surface area (Å²) in [6.07, 6.45) is 0.343. The van der Waals surface area contributed by atoms with E-state index in [0.717, 1.165) is 5.56 Å². The van der Waals surface area contributed by atoms with Crippen LogP contribution in [-0.2, 0) is 16.0 Å². The summed E-state index contributed by atoms with van der Waals surface area (Å²) in [5.41, 5.74) is 12.6. The van der Waals surface area contributed by atoms with Crippen LogP contribution in [-0.4, -0.2) is 19.1 Å². The number of esters is 1. The van der Waals surface area contributed by atoms with Crippen LogP contribution in [0.3, 0.4) is 0 Å². The molecule has 0 saturated carbocycles. The molecule has 0 spiro atoms. The van der Waals surface area contributed by atoms with Crippen LogP contribution < -0.4 is 11.5 Å². The lowest BCUT2D eigenvalue weighted by atomic mass is 10.1. The fraction of sp³-hybridized carbons (Fsp3) is 0.300. The quantitative estimate of drug-likeness (QED) is 0.597. The zero-order valence-corrected chi connectivity index (χ0v) is 9.12. The Kier molecular flexibility index (Phi) is 3.94. The lowest BCUT2D eigenvalue weighted by molar-refractivity contribution is -0.142. The molecule has 0 unspecified atom stereocenters. The number of benzene rings is 1. The Hall–Kier alpha value is -1.26. The van der Waals surface area contributed by atoms with Gasteiger partial charge < -0.3 is 16.2 Å². The van der Waals surface area contributed by atoms with Gasteiger partial charge in [-0.2, -0.15) is 0 Å². The molecule has 1 aromatic carbocycles. The highest BCUT2D eigenvalue weighted by Crippen LogP contribution is 2.19. The van der Waals surface area contributed by atoms with Gasteiger partial charge in [-0.3, -0.25) is 4.79 Å². The summed E-state index contributed by atoms with van der Waals surface area (Å²) in [5.74, 6) is -0.454. The molecule has 0 aliphatic heterocycles. The number of nitrogens with two attached hydrogens (primary N) is 2. The fourth-order valence-electron chi connectivity index (χ4n) is 1.22. The van der Waals surface area contributed by atoms with Crippen molar-refractivity contribution in [2.45, 2.75) is 12.5 Å². The number of ether oxygens (including phenoxy) is 1. The molecule has 1 rings (SSSR count). The van der Waals surface area contributed by atoms with E-state index in [1.54, 1.807) is 18.2 Å². The highest BCUT2D eigenvalue weighted by molar-refractivity contribution is 6.30. The molecule has 0 heterocycles. The summed E-state index contributed by atoms with van der Waals surface area (Å²) in [5, 5.41) is 0.558. The number of halogens is 1. The summed E-state index contributed by atoms with van der Waals surface area (Å²) < 4.78 is 4.52. The number of hydrogen-bond donors (Lipinski definition) is 2. The Morgan fingerprint density at radius 1 is 1.60 bits per heavy atom. The molecule has 0 fully saturated rings. The van der Waals surface area contributed by atoms with Gasteiger partial charge in [-0.05, 0) is 17.7 Å². The second-order valence-electron chi connectivity index (χ2n) is 3.18. The monoisotopic (exact) mass is 228 g/mol. The van der Waals surface area contributed by atoms with Crippen LogP contribution >= 0.6 is 11.6 Å². The maximum absolute atomic E-state index is 11.1. The van der Waals surface area contributed by atoms with E-state index < -0.39 is 12.0 Å². The van der Waals surface area contributed by atoms with Crippen molar-refractivity contribution in [2.75, 3.05) is 12.8 Å². The molecule has 1 aromatic rings. The molecule has 0 aromatic heterocycles. The maximum Gasteiger partial charge on any atom is 0.322 e. The predicted octanol–water partition coefficient (Wildman–Crippen LogP) is 0.965. The minimum absolute atomic E-state index is 0.343. The van der Waals surface area contributed by atoms with Crippen molar-refractivity contribution in [1.82, 2.24) is 0 Å². The van der Waals surface area contributed by atoms with E-state index in [0.29, 0.717) is 17.1 Å². The predicted molar refractivity (Wildman–Crippen MR) is 59.6 cm³/mol. The number of hydrogen-bond acceptors (Lipinski definition) is 4. The van der Waals surface area contributed by atoms with Crippen molar-refractivity contribution in [2.24, 2.45) is 5.73 Å². The van der Waals surface area contributed by atoms with Gasteiger partial charge in [0.05, 0.1) is 7.11 Å². The number of carbonyl (C=O) groups is 1. The van der Waals surface area contributed by atoms with Crippen molar-refractivity contribution in [1.29, 1.82) is 0 Å².